The summed E-state index contributed by atoms with van der Waals surface area (Å²) in [5.41, 5.74) is 0. The van der Waals surface area contributed by atoms with Crippen LogP contribution >= 0.6 is 0 Å². The van der Waals surface area contributed by atoms with E-state index in [2.05, 4.69) is 55.4 Å². The molecule has 0 fully saturated rings. The molecule has 0 aliphatic carbocycles. The Kier molecular flexibility index (Phi) is 31.4. The Bertz CT molecular complexity index is 201. The topological polar surface area (TPSA) is 0 Å². The van der Waals surface area contributed by atoms with Gasteiger partial charge in [0.05, 0.1) is 52.4 Å². The van der Waals surface area contributed by atoms with Crippen LogP contribution in [0.1, 0.15) is 107 Å². The molecule has 0 bridgehead atoms. The van der Waals surface area contributed by atoms with E-state index in [1.165, 1.54) is 113 Å². The second-order valence-corrected chi connectivity index (χ2v) is 8.47. The fraction of sp³-hybridized carbons (Fsp3) is 1.00. The van der Waals surface area contributed by atoms with Gasteiger partial charge in [0.25, 0.3) is 0 Å². The fourth-order valence-corrected chi connectivity index (χ4v) is 5.14. The third-order valence-corrected chi connectivity index (χ3v) is 5.58. The van der Waals surface area contributed by atoms with Crippen molar-refractivity contribution in [3.63, 3.8) is 0 Å². The molecule has 0 aromatic rings. The van der Waals surface area contributed by atoms with Crippen molar-refractivity contribution < 1.29 is 45.3 Å². The van der Waals surface area contributed by atoms with Gasteiger partial charge in [-0.25, -0.2) is 0 Å². The summed E-state index contributed by atoms with van der Waals surface area (Å²) in [5.74, 6) is 0. The number of nitrogens with zero attached hydrogens (tertiary/aromatic N) is 2. The average molecular weight is 535 g/mol. The van der Waals surface area contributed by atoms with Crippen LogP contribution in [0.3, 0.4) is 0 Å². The molecular formula is C24H56ClIN2. The predicted molar refractivity (Wildman–Crippen MR) is 122 cm³/mol. The maximum absolute atomic E-state index is 2.31. The highest BCUT2D eigenvalue weighted by Gasteiger charge is 2.23. The second-order valence-electron chi connectivity index (χ2n) is 8.47. The summed E-state index contributed by atoms with van der Waals surface area (Å²) in [6.07, 6.45) is 10.7. The first-order chi connectivity index (χ1) is 12.5. The Morgan fingerprint density at radius 1 is 0.321 bits per heavy atom. The van der Waals surface area contributed by atoms with E-state index in [1.807, 2.05) is 0 Å². The van der Waals surface area contributed by atoms with Crippen molar-refractivity contribution in [3.8, 4) is 0 Å². The van der Waals surface area contributed by atoms with Crippen LogP contribution < -0.4 is 36.4 Å². The van der Waals surface area contributed by atoms with E-state index in [0.717, 1.165) is 0 Å². The highest BCUT2D eigenvalue weighted by Crippen LogP contribution is 2.13. The first kappa shape index (κ1) is 36.3. The molecule has 0 saturated carbocycles. The summed E-state index contributed by atoms with van der Waals surface area (Å²) in [6.45, 7) is 29.6. The summed E-state index contributed by atoms with van der Waals surface area (Å²) in [4.78, 5) is 0. The van der Waals surface area contributed by atoms with Gasteiger partial charge in [0.15, 0.2) is 0 Å². The van der Waals surface area contributed by atoms with Crippen LogP contribution in [0.4, 0.5) is 0 Å². The van der Waals surface area contributed by atoms with E-state index in [9.17, 15) is 0 Å². The van der Waals surface area contributed by atoms with Gasteiger partial charge in [0.2, 0.25) is 0 Å². The van der Waals surface area contributed by atoms with Gasteiger partial charge in [-0.1, -0.05) is 55.4 Å². The van der Waals surface area contributed by atoms with Crippen molar-refractivity contribution >= 4 is 0 Å². The Hall–Kier alpha value is 0.940. The second kappa shape index (κ2) is 24.2. The number of halogens is 2. The molecule has 0 aromatic carbocycles. The molecule has 0 rings (SSSR count). The SMILES string of the molecule is CCC[N+](CCC)(CCC)CCC.CCC[N+](CCC)(CCC)CCC.[Cl-].[I-]. The molecule has 0 N–H and O–H groups in total. The van der Waals surface area contributed by atoms with E-state index in [1.54, 1.807) is 0 Å². The molecule has 0 aliphatic heterocycles. The van der Waals surface area contributed by atoms with Gasteiger partial charge in [-0.15, -0.1) is 0 Å². The number of quaternary nitrogens is 2. The first-order valence-electron chi connectivity index (χ1n) is 12.2. The fourth-order valence-electron chi connectivity index (χ4n) is 5.14. The minimum absolute atomic E-state index is 0. The summed E-state index contributed by atoms with van der Waals surface area (Å²) < 4.78 is 2.75. The van der Waals surface area contributed by atoms with Crippen LogP contribution in [0.5, 0.6) is 0 Å². The monoisotopic (exact) mass is 534 g/mol. The van der Waals surface area contributed by atoms with Gasteiger partial charge in [0.1, 0.15) is 0 Å². The Morgan fingerprint density at radius 2 is 0.429 bits per heavy atom. The quantitative estimate of drug-likeness (QED) is 0.204. The molecule has 2 nitrogen and oxygen atoms in total. The molecule has 0 radical (unpaired) electrons. The number of rotatable bonds is 16. The zero-order valence-electron chi connectivity index (χ0n) is 21.0. The van der Waals surface area contributed by atoms with Gasteiger partial charge >= 0.3 is 0 Å². The largest absolute Gasteiger partial charge is 1.00 e. The standard InChI is InChI=1S/2C12H28N.ClH.HI/c2*1-5-9-13(10-6-2,11-7-3)12-8-4;;/h2*5-12H2,1-4H3;2*1H/q2*+1;;/p-2. The molecule has 0 aliphatic rings. The highest BCUT2D eigenvalue weighted by atomic mass is 127. The molecule has 176 valence electrons. The highest BCUT2D eigenvalue weighted by molar-refractivity contribution is 4.45. The lowest BCUT2D eigenvalue weighted by atomic mass is 10.2. The van der Waals surface area contributed by atoms with E-state index in [0.29, 0.717) is 0 Å². The van der Waals surface area contributed by atoms with Crippen molar-refractivity contribution in [1.29, 1.82) is 0 Å². The first-order valence-corrected chi connectivity index (χ1v) is 12.2. The van der Waals surface area contributed by atoms with Crippen LogP contribution in [0.15, 0.2) is 0 Å². The Labute approximate surface area is 203 Å². The van der Waals surface area contributed by atoms with Gasteiger partial charge < -0.3 is 45.3 Å². The third kappa shape index (κ3) is 16.7. The molecule has 28 heavy (non-hydrogen) atoms. The maximum Gasteiger partial charge on any atom is 0.0783 e. The molecule has 4 heteroatoms. The summed E-state index contributed by atoms with van der Waals surface area (Å²) in [6, 6.07) is 0. The van der Waals surface area contributed by atoms with Crippen LogP contribution in [-0.4, -0.2) is 61.3 Å². The maximum atomic E-state index is 2.31. The van der Waals surface area contributed by atoms with E-state index in [-0.39, 0.29) is 36.4 Å². The molecule has 0 unspecified atom stereocenters. The lowest BCUT2D eigenvalue weighted by molar-refractivity contribution is -0.928. The molecular weight excluding hydrogens is 479 g/mol. The zero-order valence-corrected chi connectivity index (χ0v) is 23.9. The number of hydrogen-bond acceptors (Lipinski definition) is 0. The molecule has 0 spiro atoms. The molecule has 0 amide bonds. The third-order valence-electron chi connectivity index (χ3n) is 5.58. The van der Waals surface area contributed by atoms with E-state index < -0.39 is 0 Å². The normalized spacial score (nSPS) is 11.1. The van der Waals surface area contributed by atoms with Crippen molar-refractivity contribution in [3.05, 3.63) is 0 Å². The Balaban J connectivity index is -0.000000192. The van der Waals surface area contributed by atoms with Crippen molar-refractivity contribution in [1.82, 2.24) is 0 Å². The molecule has 0 heterocycles. The van der Waals surface area contributed by atoms with Crippen molar-refractivity contribution in [2.75, 3.05) is 52.4 Å². The van der Waals surface area contributed by atoms with Crippen molar-refractivity contribution in [2.24, 2.45) is 0 Å². The molecule has 0 saturated heterocycles. The van der Waals surface area contributed by atoms with Crippen molar-refractivity contribution in [2.45, 2.75) is 107 Å². The lowest BCUT2D eigenvalue weighted by Crippen LogP contribution is -3.00. The van der Waals surface area contributed by atoms with Crippen LogP contribution in [0.2, 0.25) is 0 Å². The van der Waals surface area contributed by atoms with Crippen LogP contribution in [0.25, 0.3) is 0 Å². The summed E-state index contributed by atoms with van der Waals surface area (Å²) >= 11 is 0. The smallest absolute Gasteiger partial charge is 0.0783 e. The van der Waals surface area contributed by atoms with E-state index >= 15 is 0 Å². The molecule has 0 atom stereocenters. The molecule has 0 aromatic heterocycles. The number of hydrogen-bond donors (Lipinski definition) is 0. The Morgan fingerprint density at radius 3 is 0.500 bits per heavy atom. The minimum atomic E-state index is 0. The summed E-state index contributed by atoms with van der Waals surface area (Å²) in [7, 11) is 0. The zero-order chi connectivity index (χ0) is 20.3. The van der Waals surface area contributed by atoms with E-state index in [4.69, 9.17) is 0 Å². The predicted octanol–water partition coefficient (Wildman–Crippen LogP) is 0.894. The van der Waals surface area contributed by atoms with Gasteiger partial charge in [-0.05, 0) is 51.4 Å². The van der Waals surface area contributed by atoms with Gasteiger partial charge in [-0.3, -0.25) is 0 Å². The lowest BCUT2D eigenvalue weighted by Gasteiger charge is -2.38. The minimum Gasteiger partial charge on any atom is -1.00 e. The van der Waals surface area contributed by atoms with Crippen LogP contribution in [0, 0.1) is 0 Å². The van der Waals surface area contributed by atoms with Gasteiger partial charge in [0, 0.05) is 0 Å². The van der Waals surface area contributed by atoms with Gasteiger partial charge in [-0.2, -0.15) is 0 Å². The van der Waals surface area contributed by atoms with Crippen LogP contribution in [-0.2, 0) is 0 Å². The summed E-state index contributed by atoms with van der Waals surface area (Å²) in [5, 5.41) is 0. The average Bonchev–Trinajstić information content (AvgIpc) is 2.57.